The molecule has 17 heavy (non-hydrogen) atoms. The van der Waals surface area contributed by atoms with Gasteiger partial charge in [-0.15, -0.1) is 0 Å². The number of anilines is 2. The highest BCUT2D eigenvalue weighted by molar-refractivity contribution is 5.54. The van der Waals surface area contributed by atoms with Crippen LogP contribution in [0.2, 0.25) is 0 Å². The third kappa shape index (κ3) is 2.69. The Kier molecular flexibility index (Phi) is 3.84. The Morgan fingerprint density at radius 3 is 3.00 bits per heavy atom. The predicted octanol–water partition coefficient (Wildman–Crippen LogP) is 1.65. The number of aromatic nitrogens is 1. The Balaban J connectivity index is 2.11. The van der Waals surface area contributed by atoms with Gasteiger partial charge in [-0.25, -0.2) is 4.98 Å². The molecule has 1 aromatic heterocycles. The highest BCUT2D eigenvalue weighted by atomic mass is 15.3. The summed E-state index contributed by atoms with van der Waals surface area (Å²) < 4.78 is 0. The van der Waals surface area contributed by atoms with Gasteiger partial charge in [0.05, 0.1) is 0 Å². The first-order valence-electron chi connectivity index (χ1n) is 6.33. The van der Waals surface area contributed by atoms with Gasteiger partial charge in [-0.3, -0.25) is 4.90 Å². The van der Waals surface area contributed by atoms with Gasteiger partial charge in [0.1, 0.15) is 5.82 Å². The summed E-state index contributed by atoms with van der Waals surface area (Å²) in [5, 5.41) is 3.09. The van der Waals surface area contributed by atoms with E-state index in [1.165, 1.54) is 12.1 Å². The molecule has 0 aromatic carbocycles. The van der Waals surface area contributed by atoms with Gasteiger partial charge in [-0.1, -0.05) is 6.92 Å². The van der Waals surface area contributed by atoms with Crippen molar-refractivity contribution in [2.24, 2.45) is 0 Å². The zero-order valence-corrected chi connectivity index (χ0v) is 11.0. The van der Waals surface area contributed by atoms with Crippen molar-refractivity contribution in [2.45, 2.75) is 19.4 Å². The highest BCUT2D eigenvalue weighted by Gasteiger charge is 2.22. The molecule has 1 fully saturated rings. The van der Waals surface area contributed by atoms with Crippen LogP contribution in [0.5, 0.6) is 0 Å². The molecule has 1 aliphatic heterocycles. The zero-order chi connectivity index (χ0) is 12.3. The lowest BCUT2D eigenvalue weighted by Gasteiger charge is -2.40. The molecule has 4 heteroatoms. The van der Waals surface area contributed by atoms with Gasteiger partial charge in [0.15, 0.2) is 0 Å². The van der Waals surface area contributed by atoms with E-state index in [2.05, 4.69) is 46.2 Å². The van der Waals surface area contributed by atoms with E-state index in [1.807, 2.05) is 13.2 Å². The molecule has 2 rings (SSSR count). The van der Waals surface area contributed by atoms with E-state index in [0.717, 1.165) is 25.5 Å². The summed E-state index contributed by atoms with van der Waals surface area (Å²) in [5.74, 6) is 0.939. The van der Waals surface area contributed by atoms with E-state index in [1.54, 1.807) is 0 Å². The van der Waals surface area contributed by atoms with Crippen LogP contribution in [0.3, 0.4) is 0 Å². The lowest BCUT2D eigenvalue weighted by molar-refractivity contribution is 0.213. The van der Waals surface area contributed by atoms with Crippen LogP contribution < -0.4 is 10.2 Å². The van der Waals surface area contributed by atoms with E-state index < -0.39 is 0 Å². The molecule has 0 bridgehead atoms. The number of pyridine rings is 1. The van der Waals surface area contributed by atoms with Crippen LogP contribution in [0.15, 0.2) is 18.3 Å². The van der Waals surface area contributed by atoms with Gasteiger partial charge in [0.2, 0.25) is 0 Å². The zero-order valence-electron chi connectivity index (χ0n) is 11.0. The van der Waals surface area contributed by atoms with Crippen molar-refractivity contribution in [3.8, 4) is 0 Å². The molecule has 1 aliphatic rings. The third-order valence-corrected chi connectivity index (χ3v) is 3.61. The summed E-state index contributed by atoms with van der Waals surface area (Å²) in [5.41, 5.74) is 1.27. The van der Waals surface area contributed by atoms with Gasteiger partial charge in [-0.05, 0) is 19.5 Å². The fourth-order valence-corrected chi connectivity index (χ4v) is 2.37. The monoisotopic (exact) mass is 234 g/mol. The minimum atomic E-state index is 0.662. The normalized spacial score (nSPS) is 21.6. The second-order valence-electron chi connectivity index (χ2n) is 4.64. The molecule has 94 valence electrons. The minimum absolute atomic E-state index is 0.662. The maximum Gasteiger partial charge on any atom is 0.127 e. The van der Waals surface area contributed by atoms with Crippen LogP contribution in [0.25, 0.3) is 0 Å². The molecule has 4 nitrogen and oxygen atoms in total. The second kappa shape index (κ2) is 5.36. The Labute approximate surface area is 104 Å². The van der Waals surface area contributed by atoms with Crippen LogP contribution >= 0.6 is 0 Å². The molecule has 0 saturated carbocycles. The Hall–Kier alpha value is -1.29. The summed E-state index contributed by atoms with van der Waals surface area (Å²) in [4.78, 5) is 9.17. The van der Waals surface area contributed by atoms with Crippen LogP contribution in [0, 0.1) is 0 Å². The van der Waals surface area contributed by atoms with Gasteiger partial charge in [0, 0.05) is 50.7 Å². The van der Waals surface area contributed by atoms with E-state index in [4.69, 9.17) is 0 Å². The van der Waals surface area contributed by atoms with Crippen molar-refractivity contribution in [2.75, 3.05) is 43.9 Å². The molecule has 1 atom stereocenters. The summed E-state index contributed by atoms with van der Waals surface area (Å²) in [6, 6.07) is 4.88. The minimum Gasteiger partial charge on any atom is -0.373 e. The maximum atomic E-state index is 4.26. The Morgan fingerprint density at radius 1 is 1.47 bits per heavy atom. The molecule has 1 unspecified atom stereocenters. The lowest BCUT2D eigenvalue weighted by atomic mass is 10.1. The van der Waals surface area contributed by atoms with Crippen molar-refractivity contribution in [1.82, 2.24) is 9.88 Å². The molecule has 0 aliphatic carbocycles. The van der Waals surface area contributed by atoms with Crippen molar-refractivity contribution >= 4 is 11.5 Å². The molecule has 0 amide bonds. The SMILES string of the molecule is CCC1CN(c2ccnc(NC)c2)CCN1C. The molecule has 1 N–H and O–H groups in total. The maximum absolute atomic E-state index is 4.26. The molecule has 2 heterocycles. The molecular weight excluding hydrogens is 212 g/mol. The first-order valence-corrected chi connectivity index (χ1v) is 6.33. The van der Waals surface area contributed by atoms with E-state index in [9.17, 15) is 0 Å². The summed E-state index contributed by atoms with van der Waals surface area (Å²) in [6.45, 7) is 5.60. The smallest absolute Gasteiger partial charge is 0.127 e. The second-order valence-corrected chi connectivity index (χ2v) is 4.64. The van der Waals surface area contributed by atoms with Crippen molar-refractivity contribution in [3.05, 3.63) is 18.3 Å². The largest absolute Gasteiger partial charge is 0.373 e. The highest BCUT2D eigenvalue weighted by Crippen LogP contribution is 2.21. The standard InChI is InChI=1S/C13H22N4/c1-4-11-10-17(8-7-16(11)3)12-5-6-15-13(9-12)14-2/h5-6,9,11H,4,7-8,10H2,1-3H3,(H,14,15). The summed E-state index contributed by atoms with van der Waals surface area (Å²) >= 11 is 0. The average molecular weight is 234 g/mol. The average Bonchev–Trinajstić information content (AvgIpc) is 2.39. The molecule has 0 radical (unpaired) electrons. The third-order valence-electron chi connectivity index (χ3n) is 3.61. The van der Waals surface area contributed by atoms with Crippen molar-refractivity contribution < 1.29 is 0 Å². The number of piperazine rings is 1. The molecule has 1 aromatic rings. The number of nitrogens with zero attached hydrogens (tertiary/aromatic N) is 3. The number of nitrogens with one attached hydrogen (secondary N) is 1. The lowest BCUT2D eigenvalue weighted by Crippen LogP contribution is -2.51. The van der Waals surface area contributed by atoms with Crippen molar-refractivity contribution in [1.29, 1.82) is 0 Å². The van der Waals surface area contributed by atoms with Gasteiger partial charge >= 0.3 is 0 Å². The number of hydrogen-bond acceptors (Lipinski definition) is 4. The first kappa shape index (κ1) is 12.2. The summed E-state index contributed by atoms with van der Waals surface area (Å²) in [7, 11) is 4.13. The van der Waals surface area contributed by atoms with E-state index >= 15 is 0 Å². The van der Waals surface area contributed by atoms with Crippen molar-refractivity contribution in [3.63, 3.8) is 0 Å². The van der Waals surface area contributed by atoms with Crippen LogP contribution in [0.1, 0.15) is 13.3 Å². The fourth-order valence-electron chi connectivity index (χ4n) is 2.37. The van der Waals surface area contributed by atoms with Crippen LogP contribution in [-0.4, -0.2) is 49.7 Å². The quantitative estimate of drug-likeness (QED) is 0.862. The molecular formula is C13H22N4. The molecule has 0 spiro atoms. The Morgan fingerprint density at radius 2 is 2.29 bits per heavy atom. The van der Waals surface area contributed by atoms with Gasteiger partial charge < -0.3 is 10.2 Å². The van der Waals surface area contributed by atoms with E-state index in [0.29, 0.717) is 6.04 Å². The Bertz CT molecular complexity index is 366. The molecule has 1 saturated heterocycles. The number of hydrogen-bond donors (Lipinski definition) is 1. The van der Waals surface area contributed by atoms with Crippen LogP contribution in [-0.2, 0) is 0 Å². The first-order chi connectivity index (χ1) is 8.24. The predicted molar refractivity (Wildman–Crippen MR) is 72.7 cm³/mol. The van der Waals surface area contributed by atoms with Crippen LogP contribution in [0.4, 0.5) is 11.5 Å². The number of likely N-dealkylation sites (N-methyl/N-ethyl adjacent to an activating group) is 1. The van der Waals surface area contributed by atoms with E-state index in [-0.39, 0.29) is 0 Å². The number of rotatable bonds is 3. The summed E-state index contributed by atoms with van der Waals surface area (Å²) in [6.07, 6.45) is 3.08. The fraction of sp³-hybridized carbons (Fsp3) is 0.615. The topological polar surface area (TPSA) is 31.4 Å². The van der Waals surface area contributed by atoms with Gasteiger partial charge in [-0.2, -0.15) is 0 Å². The van der Waals surface area contributed by atoms with Gasteiger partial charge in [0.25, 0.3) is 0 Å².